The maximum Gasteiger partial charge on any atom is 0.0608 e. The number of unbranched alkanes of at least 4 members (excludes halogenated alkanes) is 1. The molecule has 0 bridgehead atoms. The van der Waals surface area contributed by atoms with Gasteiger partial charge in [0.25, 0.3) is 0 Å². The Morgan fingerprint density at radius 3 is 1.92 bits per heavy atom. The molecule has 1 fully saturated rings. The zero-order chi connectivity index (χ0) is 17.1. The molecule has 0 radical (unpaired) electrons. The van der Waals surface area contributed by atoms with Crippen LogP contribution in [0.3, 0.4) is 0 Å². The Bertz CT molecular complexity index is 653. The Morgan fingerprint density at radius 1 is 0.800 bits per heavy atom. The number of aryl methyl sites for hydroxylation is 2. The van der Waals surface area contributed by atoms with Gasteiger partial charge in [-0.05, 0) is 48.1 Å². The summed E-state index contributed by atoms with van der Waals surface area (Å²) in [6.45, 7) is 8.33. The van der Waals surface area contributed by atoms with Gasteiger partial charge in [-0.2, -0.15) is 0 Å². The highest BCUT2D eigenvalue weighted by molar-refractivity contribution is 5.44. The molecule has 1 aliphatic heterocycles. The van der Waals surface area contributed by atoms with E-state index in [4.69, 9.17) is 0 Å². The molecule has 2 heteroatoms. The fourth-order valence-electron chi connectivity index (χ4n) is 4.51. The monoisotopic (exact) mass is 334 g/mol. The molecule has 0 saturated carbocycles. The molecule has 25 heavy (non-hydrogen) atoms. The van der Waals surface area contributed by atoms with E-state index in [0.29, 0.717) is 6.04 Å². The van der Waals surface area contributed by atoms with Crippen molar-refractivity contribution in [2.24, 2.45) is 0 Å². The lowest BCUT2D eigenvalue weighted by Crippen LogP contribution is -2.48. The van der Waals surface area contributed by atoms with E-state index in [1.165, 1.54) is 80.7 Å². The fourth-order valence-corrected chi connectivity index (χ4v) is 4.51. The zero-order valence-electron chi connectivity index (χ0n) is 15.5. The summed E-state index contributed by atoms with van der Waals surface area (Å²) in [5.74, 6) is 0. The maximum absolute atomic E-state index is 2.73. The van der Waals surface area contributed by atoms with Gasteiger partial charge < -0.3 is 4.90 Å². The van der Waals surface area contributed by atoms with Crippen LogP contribution in [0.15, 0.2) is 48.5 Å². The van der Waals surface area contributed by atoms with Crippen LogP contribution < -0.4 is 0 Å². The summed E-state index contributed by atoms with van der Waals surface area (Å²) in [6.07, 6.45) is 4.96. The first-order valence-electron chi connectivity index (χ1n) is 9.99. The third-order valence-corrected chi connectivity index (χ3v) is 5.96. The Kier molecular flexibility index (Phi) is 5.19. The van der Waals surface area contributed by atoms with E-state index in [2.05, 4.69) is 65.3 Å². The zero-order valence-corrected chi connectivity index (χ0v) is 15.5. The third-order valence-electron chi connectivity index (χ3n) is 5.96. The van der Waals surface area contributed by atoms with Crippen molar-refractivity contribution in [3.05, 3.63) is 70.8 Å². The summed E-state index contributed by atoms with van der Waals surface area (Å²) >= 11 is 0. The smallest absolute Gasteiger partial charge is 0.0608 e. The van der Waals surface area contributed by atoms with Crippen LogP contribution in [0, 0.1) is 0 Å². The number of piperazine rings is 1. The molecular weight excluding hydrogens is 304 g/mol. The van der Waals surface area contributed by atoms with Crippen LogP contribution in [0.4, 0.5) is 0 Å². The molecule has 0 N–H and O–H groups in total. The van der Waals surface area contributed by atoms with Gasteiger partial charge in [-0.1, -0.05) is 61.9 Å². The highest BCUT2D eigenvalue weighted by atomic mass is 15.3. The minimum absolute atomic E-state index is 0.434. The molecule has 132 valence electrons. The lowest BCUT2D eigenvalue weighted by molar-refractivity contribution is 0.108. The van der Waals surface area contributed by atoms with Crippen molar-refractivity contribution in [1.29, 1.82) is 0 Å². The molecule has 0 amide bonds. The van der Waals surface area contributed by atoms with Crippen LogP contribution in [0.2, 0.25) is 0 Å². The molecule has 2 nitrogen and oxygen atoms in total. The second kappa shape index (κ2) is 7.72. The number of hydrogen-bond donors (Lipinski definition) is 0. The second-order valence-corrected chi connectivity index (χ2v) is 7.53. The molecule has 0 unspecified atom stereocenters. The maximum atomic E-state index is 2.73. The number of hydrogen-bond acceptors (Lipinski definition) is 2. The lowest BCUT2D eigenvalue weighted by atomic mass is 9.92. The topological polar surface area (TPSA) is 6.48 Å². The average Bonchev–Trinajstić information content (AvgIpc) is 2.84. The third kappa shape index (κ3) is 3.51. The SMILES string of the molecule is CCCCN1CCN(C2c3ccccc3CCc3ccccc32)CC1. The van der Waals surface area contributed by atoms with Crippen LogP contribution in [-0.4, -0.2) is 42.5 Å². The van der Waals surface area contributed by atoms with E-state index in [1.807, 2.05) is 0 Å². The summed E-state index contributed by atoms with van der Waals surface area (Å²) in [5, 5.41) is 0. The van der Waals surface area contributed by atoms with Gasteiger partial charge in [0.15, 0.2) is 0 Å². The molecule has 1 saturated heterocycles. The average molecular weight is 335 g/mol. The number of nitrogens with zero attached hydrogens (tertiary/aromatic N) is 2. The number of benzene rings is 2. The van der Waals surface area contributed by atoms with Gasteiger partial charge >= 0.3 is 0 Å². The van der Waals surface area contributed by atoms with Crippen LogP contribution in [0.5, 0.6) is 0 Å². The van der Waals surface area contributed by atoms with Crippen LogP contribution in [0.25, 0.3) is 0 Å². The molecule has 2 aliphatic rings. The first kappa shape index (κ1) is 16.8. The van der Waals surface area contributed by atoms with Crippen LogP contribution in [-0.2, 0) is 12.8 Å². The highest BCUT2D eigenvalue weighted by Crippen LogP contribution is 2.37. The minimum Gasteiger partial charge on any atom is -0.301 e. The van der Waals surface area contributed by atoms with Gasteiger partial charge in [-0.3, -0.25) is 4.90 Å². The van der Waals surface area contributed by atoms with E-state index in [1.54, 1.807) is 0 Å². The lowest BCUT2D eigenvalue weighted by Gasteiger charge is -2.40. The summed E-state index contributed by atoms with van der Waals surface area (Å²) < 4.78 is 0. The minimum atomic E-state index is 0.434. The van der Waals surface area contributed by atoms with Gasteiger partial charge in [0, 0.05) is 26.2 Å². The standard InChI is InChI=1S/C23H30N2/c1-2-3-14-24-15-17-25(18-16-24)23-21-10-6-4-8-19(21)12-13-20-9-5-7-11-22(20)23/h4-11,23H,2-3,12-18H2,1H3. The Balaban J connectivity index is 1.62. The van der Waals surface area contributed by atoms with Crippen molar-refractivity contribution in [2.45, 2.75) is 38.6 Å². The normalized spacial score (nSPS) is 19.2. The quantitative estimate of drug-likeness (QED) is 0.823. The molecule has 1 heterocycles. The predicted octanol–water partition coefficient (Wildman–Crippen LogP) is 4.29. The van der Waals surface area contributed by atoms with E-state index >= 15 is 0 Å². The van der Waals surface area contributed by atoms with E-state index in [9.17, 15) is 0 Å². The summed E-state index contributed by atoms with van der Waals surface area (Å²) in [6, 6.07) is 18.7. The first-order chi connectivity index (χ1) is 12.4. The fraction of sp³-hybridized carbons (Fsp3) is 0.478. The van der Waals surface area contributed by atoms with Crippen molar-refractivity contribution in [3.63, 3.8) is 0 Å². The Morgan fingerprint density at radius 2 is 1.36 bits per heavy atom. The van der Waals surface area contributed by atoms with Gasteiger partial charge in [-0.25, -0.2) is 0 Å². The van der Waals surface area contributed by atoms with Crippen molar-refractivity contribution in [3.8, 4) is 0 Å². The molecule has 0 aromatic heterocycles. The van der Waals surface area contributed by atoms with Crippen molar-refractivity contribution >= 4 is 0 Å². The summed E-state index contributed by atoms with van der Waals surface area (Å²) in [4.78, 5) is 5.37. The molecule has 4 rings (SSSR count). The Hall–Kier alpha value is -1.64. The molecule has 2 aromatic rings. The second-order valence-electron chi connectivity index (χ2n) is 7.53. The number of fused-ring (bicyclic) bond motifs is 2. The van der Waals surface area contributed by atoms with Gasteiger partial charge in [0.1, 0.15) is 0 Å². The van der Waals surface area contributed by atoms with E-state index in [0.717, 1.165) is 0 Å². The van der Waals surface area contributed by atoms with Crippen molar-refractivity contribution in [2.75, 3.05) is 32.7 Å². The summed E-state index contributed by atoms with van der Waals surface area (Å²) in [5.41, 5.74) is 6.15. The van der Waals surface area contributed by atoms with Crippen LogP contribution in [0.1, 0.15) is 48.1 Å². The van der Waals surface area contributed by atoms with Gasteiger partial charge in [0.2, 0.25) is 0 Å². The van der Waals surface area contributed by atoms with Gasteiger partial charge in [-0.15, -0.1) is 0 Å². The molecule has 1 aliphatic carbocycles. The molecule has 2 aromatic carbocycles. The molecule has 0 atom stereocenters. The predicted molar refractivity (Wildman–Crippen MR) is 105 cm³/mol. The number of rotatable bonds is 4. The van der Waals surface area contributed by atoms with E-state index in [-0.39, 0.29) is 0 Å². The highest BCUT2D eigenvalue weighted by Gasteiger charge is 2.30. The molecule has 0 spiro atoms. The van der Waals surface area contributed by atoms with Gasteiger partial charge in [0.05, 0.1) is 6.04 Å². The molecular formula is C23H30N2. The first-order valence-corrected chi connectivity index (χ1v) is 9.99. The van der Waals surface area contributed by atoms with Crippen molar-refractivity contribution in [1.82, 2.24) is 9.80 Å². The Labute approximate surface area is 152 Å². The largest absolute Gasteiger partial charge is 0.301 e. The van der Waals surface area contributed by atoms with E-state index < -0.39 is 0 Å². The van der Waals surface area contributed by atoms with Crippen LogP contribution >= 0.6 is 0 Å². The van der Waals surface area contributed by atoms with Crippen molar-refractivity contribution < 1.29 is 0 Å². The summed E-state index contributed by atoms with van der Waals surface area (Å²) in [7, 11) is 0.